The number of carboxylic acids is 1. The van der Waals surface area contributed by atoms with Gasteiger partial charge in [-0.25, -0.2) is 9.78 Å². The van der Waals surface area contributed by atoms with Crippen LogP contribution in [0.2, 0.25) is 5.02 Å². The maximum atomic E-state index is 12.7. The second-order valence-corrected chi connectivity index (χ2v) is 5.32. The summed E-state index contributed by atoms with van der Waals surface area (Å²) in [6.45, 7) is 0. The van der Waals surface area contributed by atoms with Gasteiger partial charge in [0.2, 0.25) is 0 Å². The summed E-state index contributed by atoms with van der Waals surface area (Å²) in [6, 6.07) is 7.95. The quantitative estimate of drug-likeness (QED) is 0.891. The molecule has 0 radical (unpaired) electrons. The van der Waals surface area contributed by atoms with Crippen LogP contribution in [0.15, 0.2) is 46.3 Å². The van der Waals surface area contributed by atoms with Crippen LogP contribution < -0.4 is 0 Å². The fourth-order valence-corrected chi connectivity index (χ4v) is 2.65. The van der Waals surface area contributed by atoms with Gasteiger partial charge < -0.3 is 5.11 Å². The predicted molar refractivity (Wildman–Crippen MR) is 71.8 cm³/mol. The highest BCUT2D eigenvalue weighted by Crippen LogP contribution is 2.36. The molecule has 1 heterocycles. The standard InChI is InChI=1S/C13H7ClF3NO2S/c14-8-3-1-2-4-9(8)21-11-7(12(19)20)5-6-10(18-11)13(15,16)17/h1-6H,(H,19,20). The van der Waals surface area contributed by atoms with E-state index in [0.717, 1.165) is 17.8 Å². The van der Waals surface area contributed by atoms with E-state index >= 15 is 0 Å². The van der Waals surface area contributed by atoms with Crippen molar-refractivity contribution in [1.82, 2.24) is 4.98 Å². The van der Waals surface area contributed by atoms with Gasteiger partial charge in [0.25, 0.3) is 0 Å². The van der Waals surface area contributed by atoms with Gasteiger partial charge in [0.05, 0.1) is 10.6 Å². The van der Waals surface area contributed by atoms with Crippen molar-refractivity contribution in [2.75, 3.05) is 0 Å². The van der Waals surface area contributed by atoms with Gasteiger partial charge >= 0.3 is 12.1 Å². The highest BCUT2D eigenvalue weighted by molar-refractivity contribution is 7.99. The zero-order chi connectivity index (χ0) is 15.6. The first kappa shape index (κ1) is 15.7. The van der Waals surface area contributed by atoms with Gasteiger partial charge in [-0.05, 0) is 24.3 Å². The van der Waals surface area contributed by atoms with Crippen LogP contribution in [0.3, 0.4) is 0 Å². The minimum absolute atomic E-state index is 0.259. The molecule has 110 valence electrons. The maximum Gasteiger partial charge on any atom is 0.433 e. The predicted octanol–water partition coefficient (Wildman–Crippen LogP) is 4.60. The van der Waals surface area contributed by atoms with E-state index in [1.807, 2.05) is 0 Å². The van der Waals surface area contributed by atoms with Crippen LogP contribution in [0.1, 0.15) is 16.1 Å². The molecule has 2 rings (SSSR count). The summed E-state index contributed by atoms with van der Waals surface area (Å²) in [5, 5.41) is 9.08. The highest BCUT2D eigenvalue weighted by atomic mass is 35.5. The molecule has 21 heavy (non-hydrogen) atoms. The number of benzene rings is 1. The fraction of sp³-hybridized carbons (Fsp3) is 0.0769. The Morgan fingerprint density at radius 3 is 2.43 bits per heavy atom. The van der Waals surface area contributed by atoms with Crippen molar-refractivity contribution in [1.29, 1.82) is 0 Å². The average Bonchev–Trinajstić information content (AvgIpc) is 2.40. The zero-order valence-corrected chi connectivity index (χ0v) is 11.8. The largest absolute Gasteiger partial charge is 0.478 e. The van der Waals surface area contributed by atoms with E-state index in [-0.39, 0.29) is 10.6 Å². The minimum atomic E-state index is -4.65. The molecule has 8 heteroatoms. The van der Waals surface area contributed by atoms with Gasteiger partial charge in [-0.1, -0.05) is 35.5 Å². The number of carboxylic acid groups (broad SMARTS) is 1. The number of pyridine rings is 1. The molecule has 0 unspecified atom stereocenters. The number of hydrogen-bond acceptors (Lipinski definition) is 3. The monoisotopic (exact) mass is 333 g/mol. The molecular formula is C13H7ClF3NO2S. The second-order valence-electron chi connectivity index (χ2n) is 3.88. The van der Waals surface area contributed by atoms with Crippen LogP contribution in [0.5, 0.6) is 0 Å². The summed E-state index contributed by atoms with van der Waals surface area (Å²) in [5.41, 5.74) is -1.46. The molecule has 1 N–H and O–H groups in total. The summed E-state index contributed by atoms with van der Waals surface area (Å²) in [7, 11) is 0. The van der Waals surface area contributed by atoms with E-state index in [4.69, 9.17) is 16.7 Å². The van der Waals surface area contributed by atoms with Crippen LogP contribution >= 0.6 is 23.4 Å². The number of rotatable bonds is 3. The Hall–Kier alpha value is -1.73. The summed E-state index contributed by atoms with van der Waals surface area (Å²) >= 11 is 6.69. The second kappa shape index (κ2) is 5.95. The number of aromatic carboxylic acids is 1. The fourth-order valence-electron chi connectivity index (χ4n) is 1.47. The molecule has 2 aromatic rings. The van der Waals surface area contributed by atoms with Gasteiger partial charge in [-0.3, -0.25) is 0 Å². The number of halogens is 4. The third kappa shape index (κ3) is 3.68. The Morgan fingerprint density at radius 2 is 1.86 bits per heavy atom. The summed E-state index contributed by atoms with van der Waals surface area (Å²) in [6.07, 6.45) is -4.65. The van der Waals surface area contributed by atoms with Crippen LogP contribution in [0.25, 0.3) is 0 Å². The molecule has 0 saturated carbocycles. The third-order valence-electron chi connectivity index (χ3n) is 2.42. The Labute approximate surface area is 126 Å². The molecular weight excluding hydrogens is 327 g/mol. The van der Waals surface area contributed by atoms with E-state index in [9.17, 15) is 18.0 Å². The highest BCUT2D eigenvalue weighted by Gasteiger charge is 2.33. The van der Waals surface area contributed by atoms with E-state index in [1.165, 1.54) is 0 Å². The maximum absolute atomic E-state index is 12.7. The molecule has 0 fully saturated rings. The first-order valence-corrected chi connectivity index (χ1v) is 6.72. The van der Waals surface area contributed by atoms with Crippen molar-refractivity contribution in [3.8, 4) is 0 Å². The van der Waals surface area contributed by atoms with E-state index in [0.29, 0.717) is 16.0 Å². The smallest absolute Gasteiger partial charge is 0.433 e. The molecule has 0 aliphatic rings. The molecule has 0 aliphatic heterocycles. The van der Waals surface area contributed by atoms with Crippen LogP contribution in [-0.2, 0) is 6.18 Å². The van der Waals surface area contributed by atoms with Crippen molar-refractivity contribution in [3.63, 3.8) is 0 Å². The molecule has 3 nitrogen and oxygen atoms in total. The Balaban J connectivity index is 2.49. The first-order chi connectivity index (χ1) is 9.79. The average molecular weight is 334 g/mol. The Bertz CT molecular complexity index is 691. The summed E-state index contributed by atoms with van der Waals surface area (Å²) < 4.78 is 38.0. The Morgan fingerprint density at radius 1 is 1.19 bits per heavy atom. The van der Waals surface area contributed by atoms with E-state index < -0.39 is 17.8 Å². The van der Waals surface area contributed by atoms with Gasteiger partial charge in [0, 0.05) is 4.90 Å². The number of nitrogens with zero attached hydrogens (tertiary/aromatic N) is 1. The van der Waals surface area contributed by atoms with Gasteiger partial charge in [-0.2, -0.15) is 13.2 Å². The Kier molecular flexibility index (Phi) is 4.43. The number of aromatic nitrogens is 1. The van der Waals surface area contributed by atoms with Crippen LogP contribution in [0, 0.1) is 0 Å². The molecule has 0 amide bonds. The lowest BCUT2D eigenvalue weighted by molar-refractivity contribution is -0.141. The molecule has 1 aromatic carbocycles. The lowest BCUT2D eigenvalue weighted by Crippen LogP contribution is -2.11. The van der Waals surface area contributed by atoms with Crippen LogP contribution in [0.4, 0.5) is 13.2 Å². The topological polar surface area (TPSA) is 50.2 Å². The van der Waals surface area contributed by atoms with Gasteiger partial charge in [0.15, 0.2) is 0 Å². The normalized spacial score (nSPS) is 11.4. The third-order valence-corrected chi connectivity index (χ3v) is 3.95. The summed E-state index contributed by atoms with van der Waals surface area (Å²) in [4.78, 5) is 14.9. The van der Waals surface area contributed by atoms with E-state index in [2.05, 4.69) is 4.98 Å². The van der Waals surface area contributed by atoms with Crippen LogP contribution in [-0.4, -0.2) is 16.1 Å². The van der Waals surface area contributed by atoms with Crippen molar-refractivity contribution in [3.05, 3.63) is 52.7 Å². The lowest BCUT2D eigenvalue weighted by atomic mass is 10.2. The molecule has 0 aliphatic carbocycles. The minimum Gasteiger partial charge on any atom is -0.478 e. The first-order valence-electron chi connectivity index (χ1n) is 5.53. The molecule has 0 atom stereocenters. The van der Waals surface area contributed by atoms with Crippen molar-refractivity contribution in [2.24, 2.45) is 0 Å². The molecule has 0 spiro atoms. The zero-order valence-electron chi connectivity index (χ0n) is 10.2. The van der Waals surface area contributed by atoms with Crippen molar-refractivity contribution >= 4 is 29.3 Å². The molecule has 0 bridgehead atoms. The molecule has 0 saturated heterocycles. The molecule has 1 aromatic heterocycles. The lowest BCUT2D eigenvalue weighted by Gasteiger charge is -2.10. The summed E-state index contributed by atoms with van der Waals surface area (Å²) in [5.74, 6) is -1.36. The van der Waals surface area contributed by atoms with E-state index in [1.54, 1.807) is 24.3 Å². The number of hydrogen-bond donors (Lipinski definition) is 1. The van der Waals surface area contributed by atoms with Gasteiger partial charge in [0.1, 0.15) is 10.7 Å². The van der Waals surface area contributed by atoms with Gasteiger partial charge in [-0.15, -0.1) is 0 Å². The number of carbonyl (C=O) groups is 1. The van der Waals surface area contributed by atoms with Crippen molar-refractivity contribution < 1.29 is 23.1 Å². The van der Waals surface area contributed by atoms with Crippen molar-refractivity contribution in [2.45, 2.75) is 16.1 Å². The number of alkyl halides is 3. The SMILES string of the molecule is O=C(O)c1ccc(C(F)(F)F)nc1Sc1ccccc1Cl.